The summed E-state index contributed by atoms with van der Waals surface area (Å²) in [5.41, 5.74) is 9.01. The first kappa shape index (κ1) is 33.9. The highest BCUT2D eigenvalue weighted by atomic mass is 32.1. The summed E-state index contributed by atoms with van der Waals surface area (Å²) in [5, 5.41) is 21.9. The van der Waals surface area contributed by atoms with Crippen LogP contribution in [0.1, 0.15) is 74.6 Å². The number of pyridine rings is 1. The number of ether oxygens (including phenoxy) is 2. The molecule has 0 amide bonds. The first-order valence-corrected chi connectivity index (χ1v) is 17.8. The van der Waals surface area contributed by atoms with E-state index < -0.39 is 23.5 Å². The fourth-order valence-electron chi connectivity index (χ4n) is 7.24. The highest BCUT2D eigenvalue weighted by Crippen LogP contribution is 2.46. The molecule has 1 N–H and O–H groups in total. The lowest BCUT2D eigenvalue weighted by Crippen LogP contribution is -2.28. The Labute approximate surface area is 295 Å². The predicted molar refractivity (Wildman–Crippen MR) is 196 cm³/mol. The van der Waals surface area contributed by atoms with Crippen LogP contribution in [0, 0.1) is 19.7 Å². The number of aromatic nitrogens is 4. The van der Waals surface area contributed by atoms with Gasteiger partial charge in [0.25, 0.3) is 0 Å². The topological polar surface area (TPSA) is 103 Å². The maximum atomic E-state index is 15.8. The summed E-state index contributed by atoms with van der Waals surface area (Å²) in [6.45, 7) is 12.7. The van der Waals surface area contributed by atoms with Crippen LogP contribution >= 0.6 is 11.3 Å². The largest absolute Gasteiger partial charge is 0.490 e. The van der Waals surface area contributed by atoms with Crippen LogP contribution in [0.5, 0.6) is 5.75 Å². The quantitative estimate of drug-likeness (QED) is 0.181. The van der Waals surface area contributed by atoms with E-state index in [1.165, 1.54) is 28.7 Å². The lowest BCUT2D eigenvalue weighted by atomic mass is 9.86. The molecule has 2 aliphatic rings. The van der Waals surface area contributed by atoms with Crippen molar-refractivity contribution in [3.8, 4) is 38.1 Å². The fourth-order valence-corrected chi connectivity index (χ4v) is 8.13. The molecule has 0 fully saturated rings. The predicted octanol–water partition coefficient (Wildman–Crippen LogP) is 8.69. The number of fused-ring (bicyclic) bond motifs is 3. The summed E-state index contributed by atoms with van der Waals surface area (Å²) < 4.78 is 29.7. The fraction of sp³-hybridized carbons (Fsp3) is 0.385. The molecular formula is C39H42FN5O4S. The average Bonchev–Trinajstić information content (AvgIpc) is 3.69. The number of likely N-dealkylation sites (N-methyl/N-ethyl adjacent to an activating group) is 1. The van der Waals surface area contributed by atoms with Crippen molar-refractivity contribution in [2.24, 2.45) is 7.05 Å². The van der Waals surface area contributed by atoms with E-state index in [1.807, 2.05) is 45.4 Å². The maximum absolute atomic E-state index is 15.8. The molecule has 7 rings (SSSR count). The first-order chi connectivity index (χ1) is 23.8. The van der Waals surface area contributed by atoms with Gasteiger partial charge in [-0.3, -0.25) is 0 Å². The Kier molecular flexibility index (Phi) is 8.55. The van der Waals surface area contributed by atoms with Gasteiger partial charge in [0.2, 0.25) is 0 Å². The number of carbonyl (C=O) groups is 1. The molecule has 0 saturated carbocycles. The van der Waals surface area contributed by atoms with Gasteiger partial charge < -0.3 is 24.0 Å². The van der Waals surface area contributed by atoms with Gasteiger partial charge in [-0.1, -0.05) is 29.9 Å². The van der Waals surface area contributed by atoms with Crippen LogP contribution < -0.4 is 9.64 Å². The number of rotatable bonds is 7. The smallest absolute Gasteiger partial charge is 0.337 e. The second kappa shape index (κ2) is 12.6. The third kappa shape index (κ3) is 5.86. The van der Waals surface area contributed by atoms with Gasteiger partial charge >= 0.3 is 5.97 Å². The molecule has 2 aliphatic heterocycles. The lowest BCUT2D eigenvalue weighted by Gasteiger charge is -2.29. The minimum absolute atomic E-state index is 0.271. The van der Waals surface area contributed by atoms with Crippen LogP contribution in [-0.2, 0) is 23.0 Å². The van der Waals surface area contributed by atoms with E-state index in [2.05, 4.69) is 53.3 Å². The highest BCUT2D eigenvalue weighted by Gasteiger charge is 2.35. The Balaban J connectivity index is 1.43. The van der Waals surface area contributed by atoms with Gasteiger partial charge in [-0.15, -0.1) is 10.2 Å². The number of anilines is 1. The van der Waals surface area contributed by atoms with Gasteiger partial charge in [0.15, 0.2) is 22.7 Å². The SMILES string of the molecule is CCC1=Cc2cc(-c3nnc(-c4cc5c(-c6cc(F)c7c(c6C)CCCO7)c(C(OC(C)(C)C)C(=O)O)c(C)nc5n4C)s3)ccc2N(C)C1. The van der Waals surface area contributed by atoms with Crippen molar-refractivity contribution in [2.75, 3.05) is 25.1 Å². The normalized spacial score (nSPS) is 15.1. The Morgan fingerprint density at radius 2 is 1.90 bits per heavy atom. The zero-order valence-corrected chi connectivity index (χ0v) is 30.6. The molecule has 9 nitrogen and oxygen atoms in total. The first-order valence-electron chi connectivity index (χ1n) is 17.0. The Hall–Kier alpha value is -4.61. The number of halogens is 1. The van der Waals surface area contributed by atoms with Crippen LogP contribution in [0.3, 0.4) is 0 Å². The lowest BCUT2D eigenvalue weighted by molar-refractivity contribution is -0.160. The summed E-state index contributed by atoms with van der Waals surface area (Å²) in [5.74, 6) is -1.35. The zero-order chi connectivity index (χ0) is 35.6. The second-order valence-corrected chi connectivity index (χ2v) is 15.2. The van der Waals surface area contributed by atoms with E-state index >= 15 is 4.39 Å². The van der Waals surface area contributed by atoms with Gasteiger partial charge in [-0.05, 0) is 101 Å². The number of benzene rings is 2. The van der Waals surface area contributed by atoms with Crippen LogP contribution in [0.4, 0.5) is 10.1 Å². The van der Waals surface area contributed by atoms with Crippen LogP contribution in [0.15, 0.2) is 35.9 Å². The molecule has 5 heterocycles. The third-order valence-corrected chi connectivity index (χ3v) is 10.6. The van der Waals surface area contributed by atoms with E-state index in [4.69, 9.17) is 14.5 Å². The van der Waals surface area contributed by atoms with Crippen LogP contribution in [-0.4, -0.2) is 56.6 Å². The van der Waals surface area contributed by atoms with Crippen LogP contribution in [0.2, 0.25) is 0 Å². The molecule has 3 aromatic heterocycles. The molecule has 0 spiro atoms. The van der Waals surface area contributed by atoms with E-state index in [-0.39, 0.29) is 5.75 Å². The van der Waals surface area contributed by atoms with E-state index in [9.17, 15) is 9.90 Å². The summed E-state index contributed by atoms with van der Waals surface area (Å²) in [6.07, 6.45) is 3.35. The van der Waals surface area contributed by atoms with E-state index in [0.717, 1.165) is 52.3 Å². The molecule has 2 aromatic carbocycles. The molecule has 5 aromatic rings. The second-order valence-electron chi connectivity index (χ2n) is 14.2. The average molecular weight is 696 g/mol. The van der Waals surface area contributed by atoms with Crippen molar-refractivity contribution in [2.45, 2.75) is 72.5 Å². The Bertz CT molecular complexity index is 2210. The summed E-state index contributed by atoms with van der Waals surface area (Å²) >= 11 is 1.48. The van der Waals surface area contributed by atoms with Crippen molar-refractivity contribution in [1.82, 2.24) is 19.7 Å². The molecule has 0 radical (unpaired) electrons. The van der Waals surface area contributed by atoms with Crippen molar-refractivity contribution >= 4 is 40.1 Å². The zero-order valence-electron chi connectivity index (χ0n) is 29.8. The summed E-state index contributed by atoms with van der Waals surface area (Å²) in [6, 6.07) is 9.82. The van der Waals surface area contributed by atoms with Gasteiger partial charge in [0.05, 0.1) is 17.9 Å². The number of carboxylic acids is 1. The number of aliphatic carboxylic acids is 1. The van der Waals surface area contributed by atoms with Gasteiger partial charge in [0, 0.05) is 59.7 Å². The van der Waals surface area contributed by atoms with Gasteiger partial charge in [-0.2, -0.15) is 0 Å². The minimum atomic E-state index is -1.35. The van der Waals surface area contributed by atoms with Crippen molar-refractivity contribution in [3.05, 3.63) is 69.7 Å². The molecule has 1 unspecified atom stereocenters. The number of hydrogen-bond donors (Lipinski definition) is 1. The van der Waals surface area contributed by atoms with Gasteiger partial charge in [-0.25, -0.2) is 14.2 Å². The van der Waals surface area contributed by atoms with E-state index in [0.29, 0.717) is 51.5 Å². The number of aryl methyl sites for hydroxylation is 2. The summed E-state index contributed by atoms with van der Waals surface area (Å²) in [4.78, 5) is 20.2. The number of hydrogen-bond acceptors (Lipinski definition) is 8. The van der Waals surface area contributed by atoms with Gasteiger partial charge in [0.1, 0.15) is 10.7 Å². The number of carboxylic acid groups (broad SMARTS) is 1. The summed E-state index contributed by atoms with van der Waals surface area (Å²) in [7, 11) is 4.02. The van der Waals surface area contributed by atoms with Crippen molar-refractivity contribution in [1.29, 1.82) is 0 Å². The molecule has 11 heteroatoms. The molecule has 0 saturated heterocycles. The standard InChI is InChI=1S/C39H42FN5O4S/c1-9-22-15-24-16-23(12-13-29(24)44(7)19-22)36-42-43-37(50-36)30-18-27-32(26-17-28(40)33-25(20(26)2)11-10-14-48-33)31(21(3)41-35(27)45(30)8)34(38(46)47)49-39(4,5)6/h12-13,15-18,34H,9-11,14,19H2,1-8H3,(H,46,47). The Morgan fingerprint density at radius 3 is 2.62 bits per heavy atom. The minimum Gasteiger partial charge on any atom is -0.490 e. The van der Waals surface area contributed by atoms with Crippen molar-refractivity contribution in [3.63, 3.8) is 0 Å². The highest BCUT2D eigenvalue weighted by molar-refractivity contribution is 7.17. The third-order valence-electron chi connectivity index (χ3n) is 9.65. The van der Waals surface area contributed by atoms with E-state index in [1.54, 1.807) is 6.92 Å². The Morgan fingerprint density at radius 1 is 1.14 bits per heavy atom. The molecular weight excluding hydrogens is 654 g/mol. The molecule has 50 heavy (non-hydrogen) atoms. The molecule has 0 aliphatic carbocycles. The van der Waals surface area contributed by atoms with Crippen LogP contribution in [0.25, 0.3) is 49.5 Å². The monoisotopic (exact) mass is 695 g/mol. The molecule has 0 bridgehead atoms. The molecule has 260 valence electrons. The maximum Gasteiger partial charge on any atom is 0.337 e. The number of nitrogens with zero attached hydrogens (tertiary/aromatic N) is 5. The van der Waals surface area contributed by atoms with Crippen molar-refractivity contribution < 1.29 is 23.8 Å². The molecule has 1 atom stereocenters.